The van der Waals surface area contributed by atoms with Crippen molar-refractivity contribution in [1.29, 1.82) is 0 Å². The van der Waals surface area contributed by atoms with Gasteiger partial charge in [0.2, 0.25) is 5.91 Å². The first-order valence-electron chi connectivity index (χ1n) is 23.6. The van der Waals surface area contributed by atoms with Crippen LogP contribution in [0.2, 0.25) is 0 Å². The van der Waals surface area contributed by atoms with Crippen LogP contribution in [0, 0.1) is 0 Å². The van der Waals surface area contributed by atoms with E-state index in [1.54, 1.807) is 0 Å². The van der Waals surface area contributed by atoms with E-state index >= 15 is 0 Å². The lowest BCUT2D eigenvalue weighted by atomic mass is 10.0. The Morgan fingerprint density at radius 1 is 0.519 bits per heavy atom. The fraction of sp³-hybridized carbons (Fsp3) is 0.875. The molecular weight excluding hydrogens is 671 g/mol. The number of amides is 1. The number of hydrogen-bond donors (Lipinski definition) is 3. The first kappa shape index (κ1) is 52.3. The molecule has 0 bridgehead atoms. The molecule has 0 radical (unpaired) electrons. The normalized spacial score (nSPS) is 13.5. The number of hydrogen-bond acceptors (Lipinski definition) is 5. The van der Waals surface area contributed by atoms with Gasteiger partial charge in [-0.1, -0.05) is 193 Å². The molecule has 0 aromatic carbocycles. The maximum absolute atomic E-state index is 13.1. The second-order valence-electron chi connectivity index (χ2n) is 16.2. The van der Waals surface area contributed by atoms with Crippen molar-refractivity contribution >= 4 is 11.9 Å². The molecule has 3 N–H and O–H groups in total. The topological polar surface area (TPSA) is 95.9 Å². The molecule has 0 saturated carbocycles. The maximum atomic E-state index is 13.1. The zero-order valence-electron chi connectivity index (χ0n) is 36.1. The van der Waals surface area contributed by atoms with E-state index < -0.39 is 18.2 Å². The third-order valence-corrected chi connectivity index (χ3v) is 10.7. The van der Waals surface area contributed by atoms with Gasteiger partial charge >= 0.3 is 5.97 Å². The van der Waals surface area contributed by atoms with Crippen molar-refractivity contribution in [2.24, 2.45) is 0 Å². The summed E-state index contributed by atoms with van der Waals surface area (Å²) in [6, 6.07) is -0.706. The molecule has 0 rings (SSSR count). The zero-order valence-corrected chi connectivity index (χ0v) is 36.1. The molecule has 0 fully saturated rings. The van der Waals surface area contributed by atoms with E-state index in [2.05, 4.69) is 50.4 Å². The summed E-state index contributed by atoms with van der Waals surface area (Å²) in [5, 5.41) is 23.7. The van der Waals surface area contributed by atoms with Crippen LogP contribution in [0.5, 0.6) is 0 Å². The highest BCUT2D eigenvalue weighted by Crippen LogP contribution is 2.17. The summed E-state index contributed by atoms with van der Waals surface area (Å²) in [4.78, 5) is 25.9. The highest BCUT2D eigenvalue weighted by atomic mass is 16.5. The lowest BCUT2D eigenvalue weighted by Crippen LogP contribution is -2.46. The Morgan fingerprint density at radius 2 is 0.944 bits per heavy atom. The highest BCUT2D eigenvalue weighted by Gasteiger charge is 2.24. The van der Waals surface area contributed by atoms with Gasteiger partial charge in [-0.05, 0) is 64.2 Å². The van der Waals surface area contributed by atoms with Gasteiger partial charge in [0.15, 0.2) is 0 Å². The number of unbranched alkanes of at least 4 members (excludes halogenated alkanes) is 26. The summed E-state index contributed by atoms with van der Waals surface area (Å²) in [5.74, 6) is -0.510. The second kappa shape index (κ2) is 42.5. The van der Waals surface area contributed by atoms with Gasteiger partial charge in [-0.2, -0.15) is 0 Å². The Balaban J connectivity index is 4.55. The van der Waals surface area contributed by atoms with E-state index in [1.807, 2.05) is 0 Å². The molecule has 1 amide bonds. The summed E-state index contributed by atoms with van der Waals surface area (Å²) in [6.45, 7) is 6.40. The summed E-state index contributed by atoms with van der Waals surface area (Å²) in [6.07, 6.45) is 46.7. The number of carbonyl (C=O) groups excluding carboxylic acids is 2. The number of nitrogens with one attached hydrogen (secondary N) is 1. The molecule has 6 nitrogen and oxygen atoms in total. The lowest BCUT2D eigenvalue weighted by Gasteiger charge is -2.24. The van der Waals surface area contributed by atoms with E-state index in [1.165, 1.54) is 128 Å². The van der Waals surface area contributed by atoms with Crippen LogP contribution in [0.1, 0.15) is 245 Å². The van der Waals surface area contributed by atoms with Crippen LogP contribution in [0.3, 0.4) is 0 Å². The molecule has 0 heterocycles. The van der Waals surface area contributed by atoms with Crippen molar-refractivity contribution in [3.63, 3.8) is 0 Å². The standard InChI is InChI=1S/C48H91NO5/c1-4-7-10-13-16-19-22-23-24-26-28-31-34-37-40-46(51)45(43-50)49-47(52)42-44(39-36-33-30-27-25-20-17-14-11-8-5-2)54-48(53)41-38-35-32-29-21-18-15-12-9-6-3/h12,15,27,30,44-46,50-51H,4-11,13-14,16-26,28-29,31-43H2,1-3H3,(H,49,52)/b15-12-,30-27-. The van der Waals surface area contributed by atoms with Crippen molar-refractivity contribution in [2.45, 2.75) is 264 Å². The minimum atomic E-state index is -0.790. The molecule has 0 aromatic heterocycles. The molecule has 0 saturated heterocycles. The third kappa shape index (κ3) is 37.3. The zero-order chi connectivity index (χ0) is 39.6. The summed E-state index contributed by atoms with van der Waals surface area (Å²) >= 11 is 0. The Bertz CT molecular complexity index is 858. The summed E-state index contributed by atoms with van der Waals surface area (Å²) in [7, 11) is 0. The SMILES string of the molecule is CCC/C=C\CCCCCCCC(=O)OC(CCC/C=C\CCCCCCCC)CC(=O)NC(CO)C(O)CCCCCCCCCCCCCCCC. The van der Waals surface area contributed by atoms with Gasteiger partial charge < -0.3 is 20.3 Å². The maximum Gasteiger partial charge on any atom is 0.306 e. The largest absolute Gasteiger partial charge is 0.462 e. The number of ether oxygens (including phenoxy) is 1. The first-order valence-corrected chi connectivity index (χ1v) is 23.6. The number of esters is 1. The Labute approximate surface area is 335 Å². The lowest BCUT2D eigenvalue weighted by molar-refractivity contribution is -0.151. The van der Waals surface area contributed by atoms with Crippen molar-refractivity contribution < 1.29 is 24.5 Å². The second-order valence-corrected chi connectivity index (χ2v) is 16.2. The number of allylic oxidation sites excluding steroid dienone is 4. The molecule has 54 heavy (non-hydrogen) atoms. The molecular formula is C48H91NO5. The van der Waals surface area contributed by atoms with Gasteiger partial charge in [0, 0.05) is 6.42 Å². The van der Waals surface area contributed by atoms with Crippen LogP contribution in [0.4, 0.5) is 0 Å². The molecule has 0 aliphatic carbocycles. The van der Waals surface area contributed by atoms with Gasteiger partial charge in [-0.25, -0.2) is 0 Å². The monoisotopic (exact) mass is 762 g/mol. The fourth-order valence-corrected chi connectivity index (χ4v) is 7.14. The van der Waals surface area contributed by atoms with Gasteiger partial charge in [0.05, 0.1) is 25.2 Å². The Morgan fingerprint density at radius 3 is 1.43 bits per heavy atom. The van der Waals surface area contributed by atoms with E-state index in [0.717, 1.165) is 70.6 Å². The highest BCUT2D eigenvalue weighted by molar-refractivity contribution is 5.77. The van der Waals surface area contributed by atoms with Crippen LogP contribution in [-0.2, 0) is 14.3 Å². The van der Waals surface area contributed by atoms with E-state index in [4.69, 9.17) is 4.74 Å². The third-order valence-electron chi connectivity index (χ3n) is 10.7. The van der Waals surface area contributed by atoms with Crippen LogP contribution in [-0.4, -0.2) is 46.9 Å². The number of rotatable bonds is 42. The molecule has 318 valence electrons. The van der Waals surface area contributed by atoms with Gasteiger partial charge in [0.25, 0.3) is 0 Å². The summed E-state index contributed by atoms with van der Waals surface area (Å²) < 4.78 is 5.87. The quantitative estimate of drug-likeness (QED) is 0.0327. The number of carbonyl (C=O) groups is 2. The molecule has 0 aromatic rings. The Hall–Kier alpha value is -1.66. The van der Waals surface area contributed by atoms with Crippen LogP contribution in [0.25, 0.3) is 0 Å². The van der Waals surface area contributed by atoms with Gasteiger partial charge in [-0.15, -0.1) is 0 Å². The first-order chi connectivity index (χ1) is 26.5. The predicted molar refractivity (Wildman–Crippen MR) is 232 cm³/mol. The van der Waals surface area contributed by atoms with Crippen molar-refractivity contribution in [2.75, 3.05) is 6.61 Å². The summed E-state index contributed by atoms with van der Waals surface area (Å²) in [5.41, 5.74) is 0. The van der Waals surface area contributed by atoms with E-state index in [0.29, 0.717) is 19.3 Å². The molecule has 0 spiro atoms. The van der Waals surface area contributed by atoms with E-state index in [-0.39, 0.29) is 24.9 Å². The van der Waals surface area contributed by atoms with Crippen molar-refractivity contribution in [3.8, 4) is 0 Å². The Kier molecular flexibility index (Phi) is 41.2. The average Bonchev–Trinajstić information content (AvgIpc) is 3.16. The minimum Gasteiger partial charge on any atom is -0.462 e. The minimum absolute atomic E-state index is 0.0564. The van der Waals surface area contributed by atoms with Gasteiger partial charge in [-0.3, -0.25) is 9.59 Å². The number of aliphatic hydroxyl groups is 2. The van der Waals surface area contributed by atoms with Crippen LogP contribution < -0.4 is 5.32 Å². The molecule has 0 aliphatic rings. The molecule has 0 aliphatic heterocycles. The van der Waals surface area contributed by atoms with Crippen molar-refractivity contribution in [1.82, 2.24) is 5.32 Å². The average molecular weight is 762 g/mol. The molecule has 3 atom stereocenters. The van der Waals surface area contributed by atoms with Crippen LogP contribution in [0.15, 0.2) is 24.3 Å². The predicted octanol–water partition coefficient (Wildman–Crippen LogP) is 13.6. The molecule has 3 unspecified atom stereocenters. The number of aliphatic hydroxyl groups excluding tert-OH is 2. The van der Waals surface area contributed by atoms with Crippen molar-refractivity contribution in [3.05, 3.63) is 24.3 Å². The fourth-order valence-electron chi connectivity index (χ4n) is 7.14. The van der Waals surface area contributed by atoms with Gasteiger partial charge in [0.1, 0.15) is 6.10 Å². The van der Waals surface area contributed by atoms with Crippen LogP contribution >= 0.6 is 0 Å². The van der Waals surface area contributed by atoms with E-state index in [9.17, 15) is 19.8 Å². The molecule has 6 heteroatoms. The smallest absolute Gasteiger partial charge is 0.306 e.